The van der Waals surface area contributed by atoms with Crippen LogP contribution in [0.15, 0.2) is 16.8 Å². The number of halogens is 1. The van der Waals surface area contributed by atoms with Gasteiger partial charge in [0.2, 0.25) is 5.28 Å². The zero-order valence-electron chi connectivity index (χ0n) is 10.2. The Kier molecular flexibility index (Phi) is 3.63. The minimum atomic E-state index is 0.280. The number of aromatic nitrogens is 3. The first-order valence-electron chi connectivity index (χ1n) is 5.78. The summed E-state index contributed by atoms with van der Waals surface area (Å²) in [5.74, 6) is 0.795. The summed E-state index contributed by atoms with van der Waals surface area (Å²) >= 11 is 9.15. The Labute approximate surface area is 123 Å². The molecule has 0 aliphatic heterocycles. The molecule has 0 unspecified atom stereocenters. The molecule has 0 bridgehead atoms. The van der Waals surface area contributed by atoms with Gasteiger partial charge in [-0.05, 0) is 30.0 Å². The summed E-state index contributed by atoms with van der Waals surface area (Å²) in [5.41, 5.74) is 1.11. The molecule has 0 spiro atoms. The summed E-state index contributed by atoms with van der Waals surface area (Å²) in [5, 5.41) is 9.78. The van der Waals surface area contributed by atoms with Gasteiger partial charge in [-0.1, -0.05) is 0 Å². The van der Waals surface area contributed by atoms with E-state index in [1.54, 1.807) is 22.7 Å². The molecule has 3 aromatic rings. The van der Waals surface area contributed by atoms with Gasteiger partial charge in [-0.3, -0.25) is 0 Å². The van der Waals surface area contributed by atoms with Gasteiger partial charge in [0.05, 0.1) is 16.1 Å². The highest BCUT2D eigenvalue weighted by Gasteiger charge is 2.07. The van der Waals surface area contributed by atoms with Crippen molar-refractivity contribution < 1.29 is 0 Å². The van der Waals surface area contributed by atoms with Gasteiger partial charge >= 0.3 is 0 Å². The van der Waals surface area contributed by atoms with Crippen molar-refractivity contribution in [3.63, 3.8) is 0 Å². The Morgan fingerprint density at radius 1 is 1.26 bits per heavy atom. The third-order valence-corrected chi connectivity index (χ3v) is 4.44. The molecule has 0 aromatic carbocycles. The molecule has 0 aliphatic rings. The third kappa shape index (κ3) is 2.86. The van der Waals surface area contributed by atoms with E-state index in [1.165, 1.54) is 0 Å². The minimum absolute atomic E-state index is 0.280. The fraction of sp³-hybridized carbons (Fsp3) is 0.250. The molecule has 3 rings (SSSR count). The zero-order valence-corrected chi connectivity index (χ0v) is 12.6. The van der Waals surface area contributed by atoms with E-state index in [1.807, 2.05) is 18.4 Å². The molecule has 98 valence electrons. The van der Waals surface area contributed by atoms with E-state index in [4.69, 9.17) is 11.6 Å². The second-order valence-electron chi connectivity index (χ2n) is 4.02. The Morgan fingerprint density at radius 2 is 2.16 bits per heavy atom. The van der Waals surface area contributed by atoms with Crippen molar-refractivity contribution in [3.05, 3.63) is 32.8 Å². The Hall–Kier alpha value is -1.24. The Balaban J connectivity index is 1.73. The van der Waals surface area contributed by atoms with Gasteiger partial charge in [0.25, 0.3) is 0 Å². The van der Waals surface area contributed by atoms with Gasteiger partial charge in [0, 0.05) is 18.3 Å². The van der Waals surface area contributed by atoms with Gasteiger partial charge in [0.1, 0.15) is 10.6 Å². The van der Waals surface area contributed by atoms with Crippen LogP contribution in [0.4, 0.5) is 5.82 Å². The molecule has 0 atom stereocenters. The van der Waals surface area contributed by atoms with Crippen LogP contribution in [0.5, 0.6) is 0 Å². The Morgan fingerprint density at radius 3 is 2.95 bits per heavy atom. The first-order chi connectivity index (χ1) is 9.22. The van der Waals surface area contributed by atoms with Crippen molar-refractivity contribution in [1.82, 2.24) is 15.0 Å². The number of rotatable bonds is 4. The van der Waals surface area contributed by atoms with Crippen LogP contribution in [0.25, 0.3) is 10.2 Å². The number of hydrogen-bond acceptors (Lipinski definition) is 6. The summed E-state index contributed by atoms with van der Waals surface area (Å²) < 4.78 is 0. The topological polar surface area (TPSA) is 50.7 Å². The van der Waals surface area contributed by atoms with E-state index in [-0.39, 0.29) is 5.28 Å². The number of nitrogens with one attached hydrogen (secondary N) is 1. The molecule has 3 heterocycles. The average Bonchev–Trinajstić information content (AvgIpc) is 2.98. The van der Waals surface area contributed by atoms with Crippen molar-refractivity contribution in [2.24, 2.45) is 0 Å². The molecule has 1 N–H and O–H groups in total. The summed E-state index contributed by atoms with van der Waals surface area (Å²) in [6.45, 7) is 2.79. The minimum Gasteiger partial charge on any atom is -0.369 e. The van der Waals surface area contributed by atoms with E-state index in [0.717, 1.165) is 39.7 Å². The maximum Gasteiger partial charge on any atom is 0.225 e. The average molecular weight is 311 g/mol. The van der Waals surface area contributed by atoms with Crippen molar-refractivity contribution in [1.29, 1.82) is 0 Å². The van der Waals surface area contributed by atoms with E-state index in [2.05, 4.69) is 25.6 Å². The number of nitrogens with zero attached hydrogens (tertiary/aromatic N) is 3. The van der Waals surface area contributed by atoms with Gasteiger partial charge in [-0.25, -0.2) is 15.0 Å². The predicted octanol–water partition coefficient (Wildman–Crippen LogP) is 3.76. The first-order valence-corrected chi connectivity index (χ1v) is 7.92. The fourth-order valence-corrected chi connectivity index (χ4v) is 3.43. The molecular weight excluding hydrogens is 300 g/mol. The quantitative estimate of drug-likeness (QED) is 0.745. The monoisotopic (exact) mass is 310 g/mol. The lowest BCUT2D eigenvalue weighted by molar-refractivity contribution is 0.961. The van der Waals surface area contributed by atoms with Crippen molar-refractivity contribution >= 4 is 50.3 Å². The van der Waals surface area contributed by atoms with Crippen LogP contribution in [0.3, 0.4) is 0 Å². The highest BCUT2D eigenvalue weighted by molar-refractivity contribution is 7.16. The van der Waals surface area contributed by atoms with Gasteiger partial charge in [0.15, 0.2) is 0 Å². The SMILES string of the molecule is Cc1nc(CCNc2nc(Cl)nc3sccc23)cs1. The first kappa shape index (κ1) is 12.8. The van der Waals surface area contributed by atoms with E-state index in [0.29, 0.717) is 0 Å². The maximum atomic E-state index is 5.91. The van der Waals surface area contributed by atoms with Crippen LogP contribution >= 0.6 is 34.3 Å². The molecule has 0 aliphatic carbocycles. The lowest BCUT2D eigenvalue weighted by Gasteiger charge is -2.05. The highest BCUT2D eigenvalue weighted by atomic mass is 35.5. The second kappa shape index (κ2) is 5.40. The van der Waals surface area contributed by atoms with Crippen LogP contribution in [-0.2, 0) is 6.42 Å². The molecule has 4 nitrogen and oxygen atoms in total. The second-order valence-corrected chi connectivity index (χ2v) is 6.31. The molecule has 0 saturated heterocycles. The van der Waals surface area contributed by atoms with Gasteiger partial charge in [-0.15, -0.1) is 22.7 Å². The molecule has 0 amide bonds. The van der Waals surface area contributed by atoms with Gasteiger partial charge < -0.3 is 5.32 Å². The molecule has 7 heteroatoms. The number of thiazole rings is 1. The largest absolute Gasteiger partial charge is 0.369 e. The number of thiophene rings is 1. The lowest BCUT2D eigenvalue weighted by atomic mass is 10.3. The molecule has 0 fully saturated rings. The van der Waals surface area contributed by atoms with Crippen LogP contribution in [0, 0.1) is 6.92 Å². The molecule has 0 radical (unpaired) electrons. The smallest absolute Gasteiger partial charge is 0.225 e. The Bertz CT molecular complexity index is 707. The number of aryl methyl sites for hydroxylation is 1. The van der Waals surface area contributed by atoms with Crippen molar-refractivity contribution in [2.45, 2.75) is 13.3 Å². The molecule has 3 aromatic heterocycles. The molecule has 19 heavy (non-hydrogen) atoms. The standard InChI is InChI=1S/C12H11ClN4S2/c1-7-15-8(6-19-7)2-4-14-10-9-3-5-18-11(9)17-12(13)16-10/h3,5-6H,2,4H2,1H3,(H,14,16,17). The van der Waals surface area contributed by atoms with E-state index >= 15 is 0 Å². The van der Waals surface area contributed by atoms with Crippen LogP contribution in [0.1, 0.15) is 10.7 Å². The third-order valence-electron chi connectivity index (χ3n) is 2.64. The summed E-state index contributed by atoms with van der Waals surface area (Å²) in [4.78, 5) is 13.8. The molecule has 0 saturated carbocycles. The van der Waals surface area contributed by atoms with E-state index < -0.39 is 0 Å². The maximum absolute atomic E-state index is 5.91. The van der Waals surface area contributed by atoms with Crippen LogP contribution in [-0.4, -0.2) is 21.5 Å². The van der Waals surface area contributed by atoms with Crippen molar-refractivity contribution in [2.75, 3.05) is 11.9 Å². The van der Waals surface area contributed by atoms with Crippen LogP contribution < -0.4 is 5.32 Å². The molecular formula is C12H11ClN4S2. The summed E-state index contributed by atoms with van der Waals surface area (Å²) in [7, 11) is 0. The lowest BCUT2D eigenvalue weighted by Crippen LogP contribution is -2.07. The zero-order chi connectivity index (χ0) is 13.2. The van der Waals surface area contributed by atoms with Crippen molar-refractivity contribution in [3.8, 4) is 0 Å². The normalized spacial score (nSPS) is 11.1. The number of anilines is 1. The summed E-state index contributed by atoms with van der Waals surface area (Å²) in [6, 6.07) is 2.01. The highest BCUT2D eigenvalue weighted by Crippen LogP contribution is 2.26. The fourth-order valence-electron chi connectivity index (χ4n) is 1.80. The predicted molar refractivity (Wildman–Crippen MR) is 81.5 cm³/mol. The van der Waals surface area contributed by atoms with E-state index in [9.17, 15) is 0 Å². The van der Waals surface area contributed by atoms with Crippen LogP contribution in [0.2, 0.25) is 5.28 Å². The number of hydrogen-bond donors (Lipinski definition) is 1. The summed E-state index contributed by atoms with van der Waals surface area (Å²) in [6.07, 6.45) is 0.873. The van der Waals surface area contributed by atoms with Gasteiger partial charge in [-0.2, -0.15) is 0 Å². The number of fused-ring (bicyclic) bond motifs is 1.